The number of methoxy groups -OCH3 is 2. The molecule has 0 unspecified atom stereocenters. The molecular weight excluding hydrogens is 903 g/mol. The topological polar surface area (TPSA) is 205 Å². The largest absolute Gasteiger partial charge is 0.480 e. The maximum Gasteiger partial charge on any atom is 0.408 e. The zero-order valence-electron chi connectivity index (χ0n) is 37.7. The second kappa shape index (κ2) is 37.7. The highest BCUT2D eigenvalue weighted by Crippen LogP contribution is 2.12. The molecule has 0 rings (SSSR count). The van der Waals surface area contributed by atoms with E-state index in [-0.39, 0.29) is 5.75 Å². The van der Waals surface area contributed by atoms with Gasteiger partial charge in [-0.1, -0.05) is 34.2 Å². The number of hydrogen-bond donors (Lipinski definition) is 5. The summed E-state index contributed by atoms with van der Waals surface area (Å²) in [6.07, 6.45) is 9.78. The first-order chi connectivity index (χ1) is 27.8. The van der Waals surface area contributed by atoms with Gasteiger partial charge in [0.25, 0.3) is 0 Å². The van der Waals surface area contributed by atoms with Crippen molar-refractivity contribution in [3.63, 3.8) is 0 Å². The summed E-state index contributed by atoms with van der Waals surface area (Å²) in [6, 6.07) is -2.40. The minimum Gasteiger partial charge on any atom is -0.480 e. The van der Waals surface area contributed by atoms with Gasteiger partial charge in [0.05, 0.1) is 14.2 Å². The van der Waals surface area contributed by atoms with E-state index >= 15 is 0 Å². The maximum atomic E-state index is 11.7. The lowest BCUT2D eigenvalue weighted by atomic mass is 10.2. The van der Waals surface area contributed by atoms with Gasteiger partial charge in [-0.2, -0.15) is 36.2 Å². The second-order valence-electron chi connectivity index (χ2n) is 15.3. The average Bonchev–Trinajstić information content (AvgIpc) is 3.12. The summed E-state index contributed by atoms with van der Waals surface area (Å²) in [4.78, 5) is 68.2. The van der Waals surface area contributed by atoms with E-state index in [9.17, 15) is 28.8 Å². The van der Waals surface area contributed by atoms with Crippen LogP contribution in [0.1, 0.15) is 101 Å². The molecular formula is C41H74BrN3O12S3. The molecule has 3 atom stereocenters. The van der Waals surface area contributed by atoms with Crippen LogP contribution in [-0.2, 0) is 38.1 Å². The van der Waals surface area contributed by atoms with E-state index in [4.69, 9.17) is 19.3 Å². The molecule has 0 aliphatic heterocycles. The standard InChI is InChI=1S/C14H25NO4S.C13H23NO4S.C9H17NO4S.C5H9Br/c1-6-7-8-9-20-10-11(12(16)18-5)15-13(17)19-14(2,3)4;1-5-6-7-8-19-9-10(11(15)16)14-12(17)18-13(2,3)4;1-9(2,3)14-8(12)10-6(5-15)7(11)13-4;1-2-3-4-5-6/h6,11H,1,7-10H2,2-5H3,(H,15,17);5,10H,1,6-9H2,2-4H3,(H,14,17)(H,15,16);6,15H,5H2,1-4H3,(H,10,12);2H,1,3-5H2/t11-;10-;6-;/m000./s1. The van der Waals surface area contributed by atoms with Crippen LogP contribution in [0.5, 0.6) is 0 Å². The van der Waals surface area contributed by atoms with Crippen molar-refractivity contribution in [2.45, 2.75) is 136 Å². The molecule has 0 fully saturated rings. The summed E-state index contributed by atoms with van der Waals surface area (Å²) in [5.74, 6) is 0.618. The molecule has 0 aliphatic carbocycles. The molecule has 0 radical (unpaired) electrons. The molecule has 0 aromatic rings. The fourth-order valence-corrected chi connectivity index (χ4v) is 6.00. The molecule has 0 saturated heterocycles. The molecule has 15 nitrogen and oxygen atoms in total. The third-order valence-corrected chi connectivity index (χ3v) is 9.25. The number of esters is 2. The quantitative estimate of drug-likeness (QED) is 0.0172. The molecule has 3 amide bonds. The van der Waals surface area contributed by atoms with Crippen molar-refractivity contribution in [2.75, 3.05) is 48.3 Å². The summed E-state index contributed by atoms with van der Waals surface area (Å²) in [5, 5.41) is 17.4. The summed E-state index contributed by atoms with van der Waals surface area (Å²) < 4.78 is 24.3. The first-order valence-corrected chi connectivity index (χ1v) is 23.4. The van der Waals surface area contributed by atoms with Crippen LogP contribution in [-0.4, -0.2) is 125 Å². The van der Waals surface area contributed by atoms with Crippen LogP contribution >= 0.6 is 52.1 Å². The van der Waals surface area contributed by atoms with Crippen molar-refractivity contribution in [1.29, 1.82) is 0 Å². The predicted octanol–water partition coefficient (Wildman–Crippen LogP) is 8.75. The Hall–Kier alpha value is -3.03. The number of aliphatic carboxylic acids is 1. The summed E-state index contributed by atoms with van der Waals surface area (Å²) in [7, 11) is 2.55. The normalized spacial score (nSPS) is 12.2. The van der Waals surface area contributed by atoms with Crippen LogP contribution in [0.25, 0.3) is 0 Å². The number of amides is 3. The van der Waals surface area contributed by atoms with Crippen molar-refractivity contribution >= 4 is 88.3 Å². The van der Waals surface area contributed by atoms with Gasteiger partial charge in [-0.3, -0.25) is 0 Å². The third kappa shape index (κ3) is 46.0. The molecule has 60 heavy (non-hydrogen) atoms. The SMILES string of the molecule is C=CCCCBr.C=CCCCSC[C@H](NC(=O)OC(C)(C)C)C(=O)O.C=CCCCSC[C@H](NC(=O)OC(C)(C)C)C(=O)OC.COC(=O)[C@H](CS)NC(=O)OC(C)(C)C. The van der Waals surface area contributed by atoms with Gasteiger partial charge in [0.1, 0.15) is 34.9 Å². The number of rotatable bonds is 22. The highest BCUT2D eigenvalue weighted by molar-refractivity contribution is 9.09. The van der Waals surface area contributed by atoms with E-state index in [0.717, 1.165) is 48.9 Å². The highest BCUT2D eigenvalue weighted by Gasteiger charge is 2.26. The van der Waals surface area contributed by atoms with Crippen molar-refractivity contribution in [3.05, 3.63) is 38.0 Å². The monoisotopic (exact) mass is 975 g/mol. The van der Waals surface area contributed by atoms with Crippen LogP contribution in [0, 0.1) is 0 Å². The van der Waals surface area contributed by atoms with Crippen molar-refractivity contribution in [3.8, 4) is 0 Å². The van der Waals surface area contributed by atoms with Crippen LogP contribution < -0.4 is 16.0 Å². The molecule has 350 valence electrons. The molecule has 0 spiro atoms. The Balaban J connectivity index is -0.000000369. The molecule has 0 aromatic heterocycles. The molecule has 19 heteroatoms. The first kappa shape index (κ1) is 63.6. The lowest BCUT2D eigenvalue weighted by Crippen LogP contribution is -2.45. The van der Waals surface area contributed by atoms with Crippen LogP contribution in [0.4, 0.5) is 14.4 Å². The number of carboxylic acid groups (broad SMARTS) is 1. The van der Waals surface area contributed by atoms with Crippen LogP contribution in [0.2, 0.25) is 0 Å². The molecule has 0 aromatic carbocycles. The molecule has 4 N–H and O–H groups in total. The van der Waals surface area contributed by atoms with E-state index in [1.807, 2.05) is 18.2 Å². The van der Waals surface area contributed by atoms with Gasteiger partial charge in [0.15, 0.2) is 0 Å². The number of nitrogens with one attached hydrogen (secondary N) is 3. The number of carbonyl (C=O) groups is 6. The number of alkyl halides is 1. The van der Waals surface area contributed by atoms with Crippen LogP contribution in [0.15, 0.2) is 38.0 Å². The Bertz CT molecular complexity index is 1260. The summed E-state index contributed by atoms with van der Waals surface area (Å²) in [6.45, 7) is 26.5. The van der Waals surface area contributed by atoms with E-state index in [1.165, 1.54) is 32.4 Å². The summed E-state index contributed by atoms with van der Waals surface area (Å²) >= 11 is 10.3. The highest BCUT2D eigenvalue weighted by atomic mass is 79.9. The zero-order chi connectivity index (χ0) is 47.4. The van der Waals surface area contributed by atoms with E-state index in [1.54, 1.807) is 74.1 Å². The second-order valence-corrected chi connectivity index (χ2v) is 18.8. The van der Waals surface area contributed by atoms with Crippen molar-refractivity contribution in [1.82, 2.24) is 16.0 Å². The van der Waals surface area contributed by atoms with Crippen molar-refractivity contribution < 1.29 is 57.6 Å². The molecule has 0 bridgehead atoms. The number of carboxylic acids is 1. The predicted molar refractivity (Wildman–Crippen MR) is 252 cm³/mol. The first-order valence-electron chi connectivity index (χ1n) is 19.3. The lowest BCUT2D eigenvalue weighted by Gasteiger charge is -2.22. The zero-order valence-corrected chi connectivity index (χ0v) is 41.8. The minimum absolute atomic E-state index is 0.159. The Morgan fingerprint density at radius 3 is 1.22 bits per heavy atom. The Morgan fingerprint density at radius 2 is 0.933 bits per heavy atom. The number of thiol groups is 1. The number of halogens is 1. The smallest absolute Gasteiger partial charge is 0.408 e. The maximum absolute atomic E-state index is 11.7. The van der Waals surface area contributed by atoms with Gasteiger partial charge in [-0.15, -0.1) is 19.7 Å². The average molecular weight is 977 g/mol. The van der Waals surface area contributed by atoms with Gasteiger partial charge in [0.2, 0.25) is 0 Å². The van der Waals surface area contributed by atoms with Gasteiger partial charge in [-0.05, 0) is 112 Å². The fourth-order valence-electron chi connectivity index (χ4n) is 3.44. The number of alkyl carbamates (subject to hydrolysis) is 3. The molecule has 0 saturated carbocycles. The van der Waals surface area contributed by atoms with E-state index < -0.39 is 71.1 Å². The molecule has 0 aliphatic rings. The Labute approximate surface area is 382 Å². The third-order valence-electron chi connectivity index (χ3n) is 6.03. The number of carbonyl (C=O) groups excluding carboxylic acids is 5. The fraction of sp³-hybridized carbons (Fsp3) is 0.707. The number of ether oxygens (including phenoxy) is 5. The van der Waals surface area contributed by atoms with Gasteiger partial charge < -0.3 is 44.7 Å². The Morgan fingerprint density at radius 1 is 0.617 bits per heavy atom. The Kier molecular flexibility index (Phi) is 40.0. The lowest BCUT2D eigenvalue weighted by molar-refractivity contribution is -0.143. The van der Waals surface area contributed by atoms with Gasteiger partial charge in [0, 0.05) is 22.6 Å². The number of allylic oxidation sites excluding steroid dienone is 3. The number of unbranched alkanes of at least 4 members (excludes halogenated alkanes) is 3. The number of hydrogen-bond acceptors (Lipinski definition) is 14. The van der Waals surface area contributed by atoms with Gasteiger partial charge in [-0.25, -0.2) is 28.8 Å². The number of thioether (sulfide) groups is 2. The minimum atomic E-state index is -1.05. The van der Waals surface area contributed by atoms with E-state index in [2.05, 4.69) is 73.7 Å². The van der Waals surface area contributed by atoms with E-state index in [0.29, 0.717) is 11.5 Å². The summed E-state index contributed by atoms with van der Waals surface area (Å²) in [5.41, 5.74) is -1.83. The van der Waals surface area contributed by atoms with Crippen molar-refractivity contribution in [2.24, 2.45) is 0 Å². The van der Waals surface area contributed by atoms with Gasteiger partial charge >= 0.3 is 36.2 Å². The molecule has 0 heterocycles. The van der Waals surface area contributed by atoms with Crippen LogP contribution in [0.3, 0.4) is 0 Å².